The van der Waals surface area contributed by atoms with E-state index in [1.54, 1.807) is 0 Å². The minimum atomic E-state index is -4.42. The van der Waals surface area contributed by atoms with E-state index in [4.69, 9.17) is 0 Å². The minimum Gasteiger partial charge on any atom is -0.391 e. The zero-order chi connectivity index (χ0) is 30.9. The Balaban J connectivity index is 3.43. The fourth-order valence-corrected chi connectivity index (χ4v) is 3.64. The molecule has 0 aliphatic rings. The van der Waals surface area contributed by atoms with Crippen molar-refractivity contribution in [1.29, 1.82) is 0 Å². The molecule has 0 amide bonds. The third kappa shape index (κ3) is 4.66. The Bertz CT molecular complexity index is 1410. The molecule has 0 bridgehead atoms. The topological polar surface area (TPSA) is 372 Å². The molecule has 0 saturated heterocycles. The third-order valence-corrected chi connectivity index (χ3v) is 5.17. The average molecular weight is 575 g/mol. The number of nitrogens with zero attached hydrogens (tertiary/aromatic N) is 7. The van der Waals surface area contributed by atoms with Crippen molar-refractivity contribution in [3.8, 4) is 0 Å². The second kappa shape index (κ2) is 10.4. The van der Waals surface area contributed by atoms with Gasteiger partial charge in [0.25, 0.3) is 10.9 Å². The van der Waals surface area contributed by atoms with E-state index in [2.05, 4.69) is 4.84 Å². The second-order valence-corrected chi connectivity index (χ2v) is 7.17. The zero-order valence-corrected chi connectivity index (χ0v) is 18.6. The largest absolute Gasteiger partial charge is 0.422 e. The van der Waals surface area contributed by atoms with Crippen LogP contribution in [-0.2, 0) is 10.4 Å². The third-order valence-electron chi connectivity index (χ3n) is 5.17. The summed E-state index contributed by atoms with van der Waals surface area (Å²) in [5, 5.41) is 111. The summed E-state index contributed by atoms with van der Waals surface area (Å²) >= 11 is 0. The van der Waals surface area contributed by atoms with E-state index in [-0.39, 0.29) is 24.3 Å². The van der Waals surface area contributed by atoms with E-state index in [9.17, 15) is 86.1 Å². The molecule has 0 radical (unpaired) electrons. The van der Waals surface area contributed by atoms with Crippen LogP contribution >= 0.6 is 0 Å². The molecule has 0 aromatic heterocycles. The Morgan fingerprint density at radius 2 is 0.900 bits per heavy atom. The number of aliphatic hydroxyl groups excluding tert-OH is 1. The van der Waals surface area contributed by atoms with Crippen molar-refractivity contribution in [2.45, 2.75) is 11.4 Å². The number of nitro groups is 6. The first-order chi connectivity index (χ1) is 18.4. The standard InChI is InChI=1S/C15H9N7O18/c23-5-14(24,40-22(38)39)15(25,6-1-3-8(16(26)27)12(20(34)35)10(6)18(30)31)7-2-4-9(17(28)29)13(21(36)37)11(7)19(32)33/h1-4,23-25H,5H2. The molecule has 0 fully saturated rings. The van der Waals surface area contributed by atoms with Crippen molar-refractivity contribution in [3.63, 3.8) is 0 Å². The molecule has 1 atom stereocenters. The molecular formula is C15H9N7O18. The SMILES string of the molecule is O=[N+]([O-])OC(O)(CO)C(O)(c1ccc([N+](=O)[O-])c([N+](=O)[O-])c1[N+](=O)[O-])c1ccc([N+](=O)[O-])c([N+](=O)[O-])c1[N+](=O)[O-]. The van der Waals surface area contributed by atoms with Gasteiger partial charge in [0, 0.05) is 12.1 Å². The molecule has 2 aromatic rings. The number of rotatable bonds is 12. The highest BCUT2D eigenvalue weighted by Gasteiger charge is 2.63. The Morgan fingerprint density at radius 1 is 0.575 bits per heavy atom. The molecule has 0 aliphatic carbocycles. The van der Waals surface area contributed by atoms with E-state index >= 15 is 0 Å². The van der Waals surface area contributed by atoms with Crippen LogP contribution in [0, 0.1) is 70.8 Å². The van der Waals surface area contributed by atoms with Gasteiger partial charge in [0.1, 0.15) is 6.61 Å². The summed E-state index contributed by atoms with van der Waals surface area (Å²) in [7, 11) is 0. The summed E-state index contributed by atoms with van der Waals surface area (Å²) in [5.41, 5.74) is -19.8. The van der Waals surface area contributed by atoms with Gasteiger partial charge in [0.05, 0.1) is 40.7 Å². The molecule has 25 nitrogen and oxygen atoms in total. The molecule has 40 heavy (non-hydrogen) atoms. The number of aliphatic hydroxyl groups is 3. The van der Waals surface area contributed by atoms with Gasteiger partial charge >= 0.3 is 34.1 Å². The molecule has 3 N–H and O–H groups in total. The van der Waals surface area contributed by atoms with Crippen LogP contribution in [0.5, 0.6) is 0 Å². The zero-order valence-electron chi connectivity index (χ0n) is 18.6. The fourth-order valence-electron chi connectivity index (χ4n) is 3.64. The molecule has 0 spiro atoms. The molecule has 25 heteroatoms. The summed E-state index contributed by atoms with van der Waals surface area (Å²) in [6, 6.07) is 0.205. The summed E-state index contributed by atoms with van der Waals surface area (Å²) in [6.07, 6.45) is 0. The maximum Gasteiger partial charge on any atom is 0.422 e. The molecule has 0 saturated carbocycles. The Morgan fingerprint density at radius 3 is 1.12 bits per heavy atom. The van der Waals surface area contributed by atoms with Crippen LogP contribution in [0.2, 0.25) is 0 Å². The maximum absolute atomic E-state index is 11.9. The van der Waals surface area contributed by atoms with Crippen LogP contribution < -0.4 is 0 Å². The van der Waals surface area contributed by atoms with Crippen molar-refractivity contribution in [1.82, 2.24) is 0 Å². The Labute approximate surface area is 214 Å². The lowest BCUT2D eigenvalue weighted by atomic mass is 9.77. The van der Waals surface area contributed by atoms with Crippen molar-refractivity contribution < 1.29 is 54.8 Å². The highest BCUT2D eigenvalue weighted by Crippen LogP contribution is 2.53. The summed E-state index contributed by atoms with van der Waals surface area (Å²) in [6.45, 7) is -2.26. The van der Waals surface area contributed by atoms with E-state index in [0.29, 0.717) is 0 Å². The number of hydrogen-bond acceptors (Lipinski definition) is 18. The van der Waals surface area contributed by atoms with Crippen molar-refractivity contribution >= 4 is 34.1 Å². The van der Waals surface area contributed by atoms with Gasteiger partial charge in [-0.2, -0.15) is 0 Å². The van der Waals surface area contributed by atoms with Gasteiger partial charge in [-0.05, 0) is 12.1 Å². The van der Waals surface area contributed by atoms with Crippen LogP contribution in [-0.4, -0.2) is 62.3 Å². The van der Waals surface area contributed by atoms with Crippen molar-refractivity contribution in [3.05, 3.63) is 106 Å². The highest BCUT2D eigenvalue weighted by atomic mass is 17.0. The lowest BCUT2D eigenvalue weighted by Gasteiger charge is -2.39. The van der Waals surface area contributed by atoms with E-state index in [0.717, 1.165) is 0 Å². The van der Waals surface area contributed by atoms with Gasteiger partial charge in [-0.25, -0.2) is 0 Å². The second-order valence-electron chi connectivity index (χ2n) is 7.17. The lowest BCUT2D eigenvalue weighted by molar-refractivity contribution is -0.803. The number of benzene rings is 2. The lowest BCUT2D eigenvalue weighted by Crippen LogP contribution is -2.58. The van der Waals surface area contributed by atoms with E-state index in [1.165, 1.54) is 0 Å². The smallest absolute Gasteiger partial charge is 0.391 e. The normalized spacial score (nSPS) is 12.6. The highest BCUT2D eigenvalue weighted by molar-refractivity contribution is 5.75. The minimum absolute atomic E-state index is 0.0319. The first kappa shape index (κ1) is 30.1. The van der Waals surface area contributed by atoms with Crippen molar-refractivity contribution in [2.24, 2.45) is 0 Å². The van der Waals surface area contributed by atoms with Crippen LogP contribution in [0.25, 0.3) is 0 Å². The Kier molecular flexibility index (Phi) is 7.80. The summed E-state index contributed by atoms with van der Waals surface area (Å²) < 4.78 is 0. The maximum atomic E-state index is 11.9. The number of hydrogen-bond donors (Lipinski definition) is 3. The quantitative estimate of drug-likeness (QED) is 0.173. The summed E-state index contributed by atoms with van der Waals surface area (Å²) in [5.74, 6) is -4.37. The van der Waals surface area contributed by atoms with Gasteiger partial charge in [-0.1, -0.05) is 0 Å². The predicted octanol–water partition coefficient (Wildman–Crippen LogP) is 0.261. The van der Waals surface area contributed by atoms with Crippen molar-refractivity contribution in [2.75, 3.05) is 6.61 Å². The van der Waals surface area contributed by atoms with E-state index in [1.807, 2.05) is 0 Å². The molecule has 0 aliphatic heterocycles. The van der Waals surface area contributed by atoms with Gasteiger partial charge in [0.2, 0.25) is 0 Å². The molecule has 2 rings (SSSR count). The molecule has 2 aromatic carbocycles. The average Bonchev–Trinajstić information content (AvgIpc) is 2.85. The fraction of sp³-hybridized carbons (Fsp3) is 0.200. The molecule has 0 heterocycles. The van der Waals surface area contributed by atoms with E-state index < -0.39 is 97.9 Å². The van der Waals surface area contributed by atoms with Gasteiger partial charge in [-0.3, -0.25) is 65.5 Å². The van der Waals surface area contributed by atoms with Gasteiger partial charge < -0.3 is 15.3 Å². The molecule has 212 valence electrons. The van der Waals surface area contributed by atoms with Crippen LogP contribution in [0.1, 0.15) is 11.1 Å². The predicted molar refractivity (Wildman–Crippen MR) is 116 cm³/mol. The van der Waals surface area contributed by atoms with Crippen LogP contribution in [0.3, 0.4) is 0 Å². The van der Waals surface area contributed by atoms with Gasteiger partial charge in [0.15, 0.2) is 5.60 Å². The number of nitro benzene ring substituents is 6. The molecule has 1 unspecified atom stereocenters. The van der Waals surface area contributed by atoms with Crippen LogP contribution in [0.15, 0.2) is 24.3 Å². The first-order valence-electron chi connectivity index (χ1n) is 9.47. The monoisotopic (exact) mass is 575 g/mol. The Hall–Kier alpha value is -6.08. The van der Waals surface area contributed by atoms with Gasteiger partial charge in [-0.15, -0.1) is 10.1 Å². The first-order valence-corrected chi connectivity index (χ1v) is 9.47. The van der Waals surface area contributed by atoms with Crippen LogP contribution in [0.4, 0.5) is 34.1 Å². The molecular weight excluding hydrogens is 566 g/mol. The summed E-state index contributed by atoms with van der Waals surface area (Å²) in [4.78, 5) is 74.3.